The van der Waals surface area contributed by atoms with Gasteiger partial charge in [-0.25, -0.2) is 9.67 Å². The molecule has 2 aliphatic carbocycles. The maximum absolute atomic E-state index is 13.4. The van der Waals surface area contributed by atoms with Gasteiger partial charge in [-0.15, -0.1) is 0 Å². The highest BCUT2D eigenvalue weighted by Crippen LogP contribution is 2.42. The Morgan fingerprint density at radius 3 is 2.68 bits per heavy atom. The number of rotatable bonds is 1. The van der Waals surface area contributed by atoms with Crippen LogP contribution in [0.3, 0.4) is 0 Å². The molecule has 0 amide bonds. The van der Waals surface area contributed by atoms with Crippen molar-refractivity contribution in [2.45, 2.75) is 57.3 Å². The highest BCUT2D eigenvalue weighted by atomic mass is 19.4. The number of nitrogens with one attached hydrogen (secondary N) is 2. The Hall–Kier alpha value is -2.52. The highest BCUT2D eigenvalue weighted by Gasteiger charge is 2.39. The van der Waals surface area contributed by atoms with Crippen molar-refractivity contribution in [1.29, 1.82) is 0 Å². The number of hydrogen-bond acceptors (Lipinski definition) is 6. The number of fused-ring (bicyclic) bond motifs is 4. The van der Waals surface area contributed by atoms with Gasteiger partial charge in [0.2, 0.25) is 5.95 Å². The number of aromatic nitrogens is 4. The fourth-order valence-electron chi connectivity index (χ4n) is 3.90. The fraction of sp³-hybridized carbons (Fsp3) is 0.611. The van der Waals surface area contributed by atoms with Crippen LogP contribution in [0, 0.1) is 12.8 Å². The van der Waals surface area contributed by atoms with E-state index in [1.54, 1.807) is 0 Å². The molecule has 150 valence electrons. The molecule has 2 aromatic heterocycles. The van der Waals surface area contributed by atoms with Crippen molar-refractivity contribution in [2.24, 2.45) is 5.92 Å². The first-order valence-corrected chi connectivity index (χ1v) is 9.60. The number of nitrogens with zero attached hydrogens (tertiary/aromatic N) is 4. The second-order valence-electron chi connectivity index (χ2n) is 7.77. The SMILES string of the molecule is Cc1nn(C2CCC2)c2c1OC[C@@H]1CC[C@H]1Nc1nc(ncc1C(F)(F)F)N2. The largest absolute Gasteiger partial charge is 0.487 e. The van der Waals surface area contributed by atoms with Crippen molar-refractivity contribution in [3.8, 4) is 5.75 Å². The van der Waals surface area contributed by atoms with Crippen molar-refractivity contribution in [2.75, 3.05) is 17.2 Å². The molecule has 0 saturated heterocycles. The first-order valence-electron chi connectivity index (χ1n) is 9.60. The fourth-order valence-corrected chi connectivity index (χ4v) is 3.90. The Balaban J connectivity index is 1.60. The van der Waals surface area contributed by atoms with Gasteiger partial charge in [0, 0.05) is 18.2 Å². The molecule has 1 aliphatic heterocycles. The minimum Gasteiger partial charge on any atom is -0.487 e. The van der Waals surface area contributed by atoms with Crippen LogP contribution in [-0.4, -0.2) is 32.4 Å². The molecule has 10 heteroatoms. The van der Waals surface area contributed by atoms with Gasteiger partial charge in [-0.3, -0.25) is 0 Å². The van der Waals surface area contributed by atoms with Crippen LogP contribution in [-0.2, 0) is 6.18 Å². The quantitative estimate of drug-likeness (QED) is 0.760. The molecule has 28 heavy (non-hydrogen) atoms. The first kappa shape index (κ1) is 17.6. The van der Waals surface area contributed by atoms with Gasteiger partial charge in [-0.05, 0) is 39.0 Å². The summed E-state index contributed by atoms with van der Waals surface area (Å²) in [4.78, 5) is 8.08. The van der Waals surface area contributed by atoms with E-state index in [9.17, 15) is 13.2 Å². The Kier molecular flexibility index (Phi) is 3.92. The van der Waals surface area contributed by atoms with Crippen molar-refractivity contribution >= 4 is 17.6 Å². The van der Waals surface area contributed by atoms with Gasteiger partial charge in [0.25, 0.3) is 0 Å². The van der Waals surface area contributed by atoms with Crippen LogP contribution in [0.1, 0.15) is 49.4 Å². The van der Waals surface area contributed by atoms with Crippen molar-refractivity contribution in [3.05, 3.63) is 17.5 Å². The van der Waals surface area contributed by atoms with Gasteiger partial charge in [-0.1, -0.05) is 0 Å². The zero-order chi connectivity index (χ0) is 19.5. The van der Waals surface area contributed by atoms with E-state index < -0.39 is 11.7 Å². The first-order chi connectivity index (χ1) is 13.4. The van der Waals surface area contributed by atoms with Crippen molar-refractivity contribution < 1.29 is 17.9 Å². The molecular formula is C18H21F3N6O. The summed E-state index contributed by atoms with van der Waals surface area (Å²) in [5.41, 5.74) is -0.0996. The van der Waals surface area contributed by atoms with E-state index in [2.05, 4.69) is 25.7 Å². The van der Waals surface area contributed by atoms with Crippen LogP contribution in [0.15, 0.2) is 6.20 Å². The van der Waals surface area contributed by atoms with Crippen LogP contribution < -0.4 is 15.4 Å². The molecule has 3 aliphatic rings. The number of alkyl halides is 3. The lowest BCUT2D eigenvalue weighted by atomic mass is 9.80. The normalized spacial score (nSPS) is 24.3. The van der Waals surface area contributed by atoms with E-state index >= 15 is 0 Å². The molecular weight excluding hydrogens is 373 g/mol. The molecule has 2 saturated carbocycles. The Morgan fingerprint density at radius 2 is 2.04 bits per heavy atom. The topological polar surface area (TPSA) is 76.9 Å². The lowest BCUT2D eigenvalue weighted by molar-refractivity contribution is -0.137. The predicted octanol–water partition coefficient (Wildman–Crippen LogP) is 4.05. The van der Waals surface area contributed by atoms with Crippen molar-refractivity contribution in [3.63, 3.8) is 0 Å². The molecule has 2 atom stereocenters. The number of halogens is 3. The number of aryl methyl sites for hydroxylation is 1. The van der Waals surface area contributed by atoms with Crippen LogP contribution in [0.2, 0.25) is 0 Å². The summed E-state index contributed by atoms with van der Waals surface area (Å²) in [5, 5.41) is 10.7. The third-order valence-electron chi connectivity index (χ3n) is 5.96. The van der Waals surface area contributed by atoms with Gasteiger partial charge >= 0.3 is 6.18 Å². The van der Waals surface area contributed by atoms with Gasteiger partial charge < -0.3 is 15.4 Å². The number of hydrogen-bond donors (Lipinski definition) is 2. The van der Waals surface area contributed by atoms with E-state index in [0.29, 0.717) is 18.2 Å². The van der Waals surface area contributed by atoms with Gasteiger partial charge in [0.15, 0.2) is 11.6 Å². The van der Waals surface area contributed by atoms with E-state index in [4.69, 9.17) is 4.74 Å². The van der Waals surface area contributed by atoms with Crippen LogP contribution in [0.25, 0.3) is 0 Å². The summed E-state index contributed by atoms with van der Waals surface area (Å²) in [5.74, 6) is 1.28. The number of ether oxygens (including phenoxy) is 1. The van der Waals surface area contributed by atoms with Gasteiger partial charge in [0.1, 0.15) is 17.1 Å². The molecule has 3 heterocycles. The summed E-state index contributed by atoms with van der Waals surface area (Å²) in [6, 6.07) is 0.152. The van der Waals surface area contributed by atoms with E-state index in [-0.39, 0.29) is 29.8 Å². The molecule has 0 aromatic carbocycles. The Bertz CT molecular complexity index is 907. The monoisotopic (exact) mass is 394 g/mol. The third-order valence-corrected chi connectivity index (χ3v) is 5.96. The Labute approximate surface area is 159 Å². The molecule has 2 N–H and O–H groups in total. The Morgan fingerprint density at radius 1 is 1.21 bits per heavy atom. The zero-order valence-corrected chi connectivity index (χ0v) is 15.4. The van der Waals surface area contributed by atoms with Crippen LogP contribution in [0.5, 0.6) is 5.75 Å². The molecule has 7 nitrogen and oxygen atoms in total. The highest BCUT2D eigenvalue weighted by molar-refractivity contribution is 5.62. The maximum Gasteiger partial charge on any atom is 0.421 e. The second kappa shape index (κ2) is 6.25. The lowest BCUT2D eigenvalue weighted by Gasteiger charge is -2.37. The smallest absolute Gasteiger partial charge is 0.421 e. The summed E-state index contributed by atoms with van der Waals surface area (Å²) in [6.07, 6.45) is 1.16. The summed E-state index contributed by atoms with van der Waals surface area (Å²) in [6.45, 7) is 2.30. The minimum absolute atomic E-state index is 0.0959. The van der Waals surface area contributed by atoms with Crippen LogP contribution in [0.4, 0.5) is 30.8 Å². The molecule has 0 radical (unpaired) electrons. The minimum atomic E-state index is -4.52. The van der Waals surface area contributed by atoms with Crippen molar-refractivity contribution in [1.82, 2.24) is 19.7 Å². The average molecular weight is 394 g/mol. The number of anilines is 3. The molecule has 2 bridgehead atoms. The predicted molar refractivity (Wildman–Crippen MR) is 95.8 cm³/mol. The zero-order valence-electron chi connectivity index (χ0n) is 15.4. The van der Waals surface area contributed by atoms with E-state index in [1.807, 2.05) is 11.6 Å². The summed E-state index contributed by atoms with van der Waals surface area (Å²) in [7, 11) is 0. The molecule has 2 aromatic rings. The molecule has 0 unspecified atom stereocenters. The maximum atomic E-state index is 13.4. The lowest BCUT2D eigenvalue weighted by Crippen LogP contribution is -2.42. The van der Waals surface area contributed by atoms with Crippen LogP contribution >= 0.6 is 0 Å². The second-order valence-corrected chi connectivity index (χ2v) is 7.77. The molecule has 0 spiro atoms. The molecule has 5 rings (SSSR count). The third kappa shape index (κ3) is 2.85. The van der Waals surface area contributed by atoms with Gasteiger partial charge in [0.05, 0.1) is 12.6 Å². The summed E-state index contributed by atoms with van der Waals surface area (Å²) < 4.78 is 48.2. The van der Waals surface area contributed by atoms with Gasteiger partial charge in [-0.2, -0.15) is 23.3 Å². The average Bonchev–Trinajstić information content (AvgIpc) is 2.84. The summed E-state index contributed by atoms with van der Waals surface area (Å²) >= 11 is 0. The van der Waals surface area contributed by atoms with E-state index in [0.717, 1.165) is 44.0 Å². The molecule has 2 fully saturated rings. The standard InChI is InChI=1S/C18H21F3N6O/c1-9-14-16(27(26-9)11-3-2-4-11)25-17-22-7-12(18(19,20)21)15(24-17)23-13-6-5-10(13)8-28-14/h7,10-11,13H,2-6,8H2,1H3,(H2,22,23,24,25)/t10-,13+/m0/s1. The van der Waals surface area contributed by atoms with E-state index in [1.165, 1.54) is 0 Å².